The Bertz CT molecular complexity index is 1500. The molecular formula is C29H33N5O2. The summed E-state index contributed by atoms with van der Waals surface area (Å²) in [4.78, 5) is 33.6. The highest BCUT2D eigenvalue weighted by atomic mass is 16.2. The molecule has 1 aliphatic rings. The average Bonchev–Trinajstić information content (AvgIpc) is 2.91. The molecule has 36 heavy (non-hydrogen) atoms. The lowest BCUT2D eigenvalue weighted by Crippen LogP contribution is -2.42. The first kappa shape index (κ1) is 24.0. The Hall–Kier alpha value is -3.74. The van der Waals surface area contributed by atoms with Crippen molar-refractivity contribution in [1.82, 2.24) is 18.9 Å². The molecule has 1 aliphatic heterocycles. The lowest BCUT2D eigenvalue weighted by Gasteiger charge is -2.32. The molecule has 3 aromatic heterocycles. The van der Waals surface area contributed by atoms with E-state index in [9.17, 15) is 9.59 Å². The van der Waals surface area contributed by atoms with Crippen LogP contribution in [-0.2, 0) is 13.0 Å². The summed E-state index contributed by atoms with van der Waals surface area (Å²) in [5.74, 6) is 0.379. The van der Waals surface area contributed by atoms with Gasteiger partial charge in [0.2, 0.25) is 0 Å². The summed E-state index contributed by atoms with van der Waals surface area (Å²) in [5, 5.41) is 9.33. The predicted octanol–water partition coefficient (Wildman–Crippen LogP) is 4.41. The van der Waals surface area contributed by atoms with Crippen molar-refractivity contribution < 1.29 is 4.79 Å². The molecule has 0 unspecified atom stereocenters. The summed E-state index contributed by atoms with van der Waals surface area (Å²) in [6.45, 7) is 4.01. The SMILES string of the molecule is CCCCCn1c(=N)c(C(=O)N2CCC(Cc3ccccc3)CC2)cc2c(=O)n3ccccc3nc21. The summed E-state index contributed by atoms with van der Waals surface area (Å²) < 4.78 is 3.26. The van der Waals surface area contributed by atoms with Gasteiger partial charge in [0.1, 0.15) is 16.8 Å². The van der Waals surface area contributed by atoms with E-state index in [1.807, 2.05) is 17.0 Å². The first-order valence-corrected chi connectivity index (χ1v) is 13.0. The Labute approximate surface area is 210 Å². The molecule has 0 radical (unpaired) electrons. The normalized spacial score (nSPS) is 14.5. The van der Waals surface area contributed by atoms with Crippen LogP contribution in [0.3, 0.4) is 0 Å². The van der Waals surface area contributed by atoms with Crippen molar-refractivity contribution in [2.75, 3.05) is 13.1 Å². The molecule has 0 aliphatic carbocycles. The maximum absolute atomic E-state index is 13.6. The zero-order valence-electron chi connectivity index (χ0n) is 20.8. The minimum absolute atomic E-state index is 0.141. The molecule has 4 aromatic rings. The second-order valence-corrected chi connectivity index (χ2v) is 9.77. The number of carbonyl (C=O) groups is 1. The fraction of sp³-hybridized carbons (Fsp3) is 0.379. The summed E-state index contributed by atoms with van der Waals surface area (Å²) >= 11 is 0. The van der Waals surface area contributed by atoms with Gasteiger partial charge in [0.25, 0.3) is 11.5 Å². The number of hydrogen-bond donors (Lipinski definition) is 1. The molecule has 1 saturated heterocycles. The third-order valence-electron chi connectivity index (χ3n) is 7.30. The van der Waals surface area contributed by atoms with Gasteiger partial charge in [-0.15, -0.1) is 0 Å². The number of benzene rings is 1. The van der Waals surface area contributed by atoms with Crippen LogP contribution in [0, 0.1) is 11.3 Å². The van der Waals surface area contributed by atoms with Crippen LogP contribution in [0.25, 0.3) is 16.7 Å². The van der Waals surface area contributed by atoms with Gasteiger partial charge in [0.05, 0.1) is 10.9 Å². The van der Waals surface area contributed by atoms with E-state index in [1.165, 1.54) is 9.96 Å². The molecule has 1 N–H and O–H groups in total. The minimum atomic E-state index is -0.213. The van der Waals surface area contributed by atoms with Crippen molar-refractivity contribution in [2.24, 2.45) is 5.92 Å². The van der Waals surface area contributed by atoms with E-state index in [-0.39, 0.29) is 22.5 Å². The summed E-state index contributed by atoms with van der Waals surface area (Å²) in [5.41, 5.74) is 2.56. The summed E-state index contributed by atoms with van der Waals surface area (Å²) in [6, 6.07) is 17.5. The van der Waals surface area contributed by atoms with Crippen LogP contribution in [0.5, 0.6) is 0 Å². The molecule has 1 fully saturated rings. The van der Waals surface area contributed by atoms with E-state index in [1.54, 1.807) is 29.0 Å². The number of nitrogens with zero attached hydrogens (tertiary/aromatic N) is 4. The number of aromatic nitrogens is 3. The zero-order valence-corrected chi connectivity index (χ0v) is 20.8. The Balaban J connectivity index is 1.47. The third-order valence-corrected chi connectivity index (χ3v) is 7.30. The predicted molar refractivity (Wildman–Crippen MR) is 141 cm³/mol. The number of rotatable bonds is 7. The average molecular weight is 484 g/mol. The van der Waals surface area contributed by atoms with Crippen molar-refractivity contribution >= 4 is 22.6 Å². The monoisotopic (exact) mass is 483 g/mol. The van der Waals surface area contributed by atoms with Gasteiger partial charge in [-0.25, -0.2) is 4.98 Å². The molecule has 186 valence electrons. The summed E-state index contributed by atoms with van der Waals surface area (Å²) in [7, 11) is 0. The highest BCUT2D eigenvalue weighted by Gasteiger charge is 2.26. The van der Waals surface area contributed by atoms with Crippen LogP contribution in [-0.4, -0.2) is 37.8 Å². The van der Waals surface area contributed by atoms with Crippen molar-refractivity contribution in [3.8, 4) is 0 Å². The van der Waals surface area contributed by atoms with Crippen LogP contribution in [0.1, 0.15) is 54.9 Å². The van der Waals surface area contributed by atoms with E-state index >= 15 is 0 Å². The van der Waals surface area contributed by atoms with Crippen LogP contribution >= 0.6 is 0 Å². The first-order valence-electron chi connectivity index (χ1n) is 13.0. The lowest BCUT2D eigenvalue weighted by atomic mass is 9.90. The minimum Gasteiger partial charge on any atom is -0.339 e. The number of hydrogen-bond acceptors (Lipinski definition) is 4. The van der Waals surface area contributed by atoms with Crippen LogP contribution in [0.4, 0.5) is 0 Å². The fourth-order valence-electron chi connectivity index (χ4n) is 5.25. The van der Waals surface area contributed by atoms with E-state index in [0.717, 1.165) is 38.5 Å². The molecule has 4 heterocycles. The van der Waals surface area contributed by atoms with Crippen LogP contribution in [0.15, 0.2) is 65.6 Å². The maximum Gasteiger partial charge on any atom is 0.267 e. The van der Waals surface area contributed by atoms with Crippen molar-refractivity contribution in [3.63, 3.8) is 0 Å². The molecule has 0 atom stereocenters. The standard InChI is InChI=1S/C29H33N5O2/c1-2-3-8-16-34-26(30)23(20-24-27(34)31-25-12-7-9-15-33(25)29(24)36)28(35)32-17-13-22(14-18-32)19-21-10-5-4-6-11-21/h4-7,9-12,15,20,22,30H,2-3,8,13-14,16-19H2,1H3. The number of fused-ring (bicyclic) bond motifs is 2. The maximum atomic E-state index is 13.6. The molecule has 1 aromatic carbocycles. The number of nitrogens with one attached hydrogen (secondary N) is 1. The highest BCUT2D eigenvalue weighted by Crippen LogP contribution is 2.23. The molecule has 0 bridgehead atoms. The van der Waals surface area contributed by atoms with Gasteiger partial charge in [0, 0.05) is 25.8 Å². The second-order valence-electron chi connectivity index (χ2n) is 9.77. The zero-order chi connectivity index (χ0) is 25.1. The number of pyridine rings is 2. The number of unbranched alkanes of at least 4 members (excludes halogenated alkanes) is 2. The van der Waals surface area contributed by atoms with E-state index < -0.39 is 0 Å². The van der Waals surface area contributed by atoms with Gasteiger partial charge in [-0.3, -0.25) is 19.4 Å². The molecule has 7 nitrogen and oxygen atoms in total. The Morgan fingerprint density at radius 1 is 1.06 bits per heavy atom. The smallest absolute Gasteiger partial charge is 0.267 e. The lowest BCUT2D eigenvalue weighted by molar-refractivity contribution is 0.0687. The Kier molecular flexibility index (Phi) is 6.98. The number of amides is 1. The molecule has 1 amide bonds. The third kappa shape index (κ3) is 4.70. The number of piperidine rings is 1. The molecule has 0 spiro atoms. The van der Waals surface area contributed by atoms with Crippen LogP contribution in [0.2, 0.25) is 0 Å². The molecule has 7 heteroatoms. The van der Waals surface area contributed by atoms with Gasteiger partial charge in [-0.1, -0.05) is 56.2 Å². The van der Waals surface area contributed by atoms with Gasteiger partial charge >= 0.3 is 0 Å². The van der Waals surface area contributed by atoms with E-state index in [4.69, 9.17) is 10.4 Å². The van der Waals surface area contributed by atoms with Gasteiger partial charge < -0.3 is 9.47 Å². The van der Waals surface area contributed by atoms with Crippen molar-refractivity contribution in [3.05, 3.63) is 87.8 Å². The second kappa shape index (κ2) is 10.5. The number of carbonyl (C=O) groups excluding carboxylic acids is 1. The largest absolute Gasteiger partial charge is 0.339 e. The van der Waals surface area contributed by atoms with Crippen molar-refractivity contribution in [2.45, 2.75) is 52.0 Å². The van der Waals surface area contributed by atoms with Crippen LogP contribution < -0.4 is 11.0 Å². The van der Waals surface area contributed by atoms with E-state index in [2.05, 4.69) is 31.2 Å². The topological polar surface area (TPSA) is 83.5 Å². The highest BCUT2D eigenvalue weighted by molar-refractivity contribution is 5.97. The van der Waals surface area contributed by atoms with Gasteiger partial charge in [-0.05, 0) is 55.4 Å². The Morgan fingerprint density at radius 3 is 2.56 bits per heavy atom. The number of aryl methyl sites for hydroxylation is 1. The molecular weight excluding hydrogens is 450 g/mol. The van der Waals surface area contributed by atoms with Crippen molar-refractivity contribution in [1.29, 1.82) is 5.41 Å². The first-order chi connectivity index (χ1) is 17.6. The van der Waals surface area contributed by atoms with E-state index in [0.29, 0.717) is 42.2 Å². The Morgan fingerprint density at radius 2 is 1.81 bits per heavy atom. The fourth-order valence-corrected chi connectivity index (χ4v) is 5.25. The van der Waals surface area contributed by atoms with Gasteiger partial charge in [0.15, 0.2) is 0 Å². The number of likely N-dealkylation sites (tertiary alicyclic amines) is 1. The quantitative estimate of drug-likeness (QED) is 0.312. The van der Waals surface area contributed by atoms with Gasteiger partial charge in [-0.2, -0.15) is 0 Å². The molecule has 5 rings (SSSR count). The summed E-state index contributed by atoms with van der Waals surface area (Å²) in [6.07, 6.45) is 7.50. The molecule has 0 saturated carbocycles.